The van der Waals surface area contributed by atoms with E-state index in [9.17, 15) is 4.79 Å². The largest absolute Gasteiger partial charge is 0.294 e. The first-order valence-corrected chi connectivity index (χ1v) is 6.14. The Kier molecular flexibility index (Phi) is 2.60. The third-order valence-electron chi connectivity index (χ3n) is 3.35. The molecule has 1 aliphatic rings. The van der Waals surface area contributed by atoms with Crippen molar-refractivity contribution in [2.75, 3.05) is 0 Å². The van der Waals surface area contributed by atoms with Gasteiger partial charge in [0.25, 0.3) is 0 Å². The van der Waals surface area contributed by atoms with E-state index in [-0.39, 0.29) is 5.78 Å². The summed E-state index contributed by atoms with van der Waals surface area (Å²) in [6, 6.07) is 16.3. The van der Waals surface area contributed by atoms with E-state index in [4.69, 9.17) is 0 Å². The van der Waals surface area contributed by atoms with Gasteiger partial charge in [-0.15, -0.1) is 0 Å². The Hall–Kier alpha value is -2.15. The summed E-state index contributed by atoms with van der Waals surface area (Å²) >= 11 is 0. The van der Waals surface area contributed by atoms with Gasteiger partial charge in [-0.05, 0) is 29.7 Å². The highest BCUT2D eigenvalue weighted by atomic mass is 16.1. The molecule has 1 nitrogen and oxygen atoms in total. The van der Waals surface area contributed by atoms with Crippen LogP contribution in [0.2, 0.25) is 0 Å². The Morgan fingerprint density at radius 3 is 2.50 bits per heavy atom. The number of ketones is 1. The Labute approximate surface area is 107 Å². The van der Waals surface area contributed by atoms with E-state index >= 15 is 0 Å². The fourth-order valence-corrected chi connectivity index (χ4v) is 2.34. The number of hydrogen-bond acceptors (Lipinski definition) is 1. The van der Waals surface area contributed by atoms with Gasteiger partial charge in [0, 0.05) is 12.0 Å². The van der Waals surface area contributed by atoms with Crippen molar-refractivity contribution >= 4 is 17.4 Å². The average Bonchev–Trinajstić information content (AvgIpc) is 2.69. The molecule has 3 rings (SSSR count). The highest BCUT2D eigenvalue weighted by Crippen LogP contribution is 2.30. The Balaban J connectivity index is 2.07. The molecule has 0 fully saturated rings. The van der Waals surface area contributed by atoms with E-state index in [0.29, 0.717) is 6.42 Å². The zero-order chi connectivity index (χ0) is 12.5. The predicted octanol–water partition coefficient (Wildman–Crippen LogP) is 3.66. The first kappa shape index (κ1) is 11.0. The maximum atomic E-state index is 12.0. The summed E-state index contributed by atoms with van der Waals surface area (Å²) < 4.78 is 0. The maximum Gasteiger partial charge on any atom is 0.167 e. The lowest BCUT2D eigenvalue weighted by Crippen LogP contribution is -1.93. The van der Waals surface area contributed by atoms with Gasteiger partial charge in [-0.25, -0.2) is 0 Å². The number of benzene rings is 2. The van der Waals surface area contributed by atoms with Crippen LogP contribution in [0.3, 0.4) is 0 Å². The topological polar surface area (TPSA) is 17.1 Å². The van der Waals surface area contributed by atoms with E-state index in [1.807, 2.05) is 30.3 Å². The first-order valence-electron chi connectivity index (χ1n) is 6.14. The molecule has 0 aromatic heterocycles. The van der Waals surface area contributed by atoms with E-state index in [2.05, 4.69) is 31.2 Å². The van der Waals surface area contributed by atoms with Gasteiger partial charge in [0.1, 0.15) is 0 Å². The number of allylic oxidation sites excluding steroid dienone is 1. The maximum absolute atomic E-state index is 12.0. The molecule has 0 aliphatic heterocycles. The van der Waals surface area contributed by atoms with Gasteiger partial charge in [0.05, 0.1) is 0 Å². The second-order valence-corrected chi connectivity index (χ2v) is 4.73. The van der Waals surface area contributed by atoms with Crippen LogP contribution in [0, 0.1) is 6.92 Å². The van der Waals surface area contributed by atoms with Crippen molar-refractivity contribution in [1.29, 1.82) is 0 Å². The van der Waals surface area contributed by atoms with Gasteiger partial charge in [0.2, 0.25) is 0 Å². The number of carbonyl (C=O) groups excluding carboxylic acids is 1. The van der Waals surface area contributed by atoms with Crippen LogP contribution in [0.4, 0.5) is 0 Å². The lowest BCUT2D eigenvalue weighted by atomic mass is 10.0. The van der Waals surface area contributed by atoms with E-state index in [0.717, 1.165) is 22.3 Å². The molecule has 0 N–H and O–H groups in total. The fourth-order valence-electron chi connectivity index (χ4n) is 2.34. The molecule has 0 saturated carbocycles. The van der Waals surface area contributed by atoms with Crippen LogP contribution in [0.25, 0.3) is 11.6 Å². The quantitative estimate of drug-likeness (QED) is 0.688. The van der Waals surface area contributed by atoms with Crippen LogP contribution >= 0.6 is 0 Å². The second kappa shape index (κ2) is 4.26. The van der Waals surface area contributed by atoms with Crippen molar-refractivity contribution < 1.29 is 4.79 Å². The fraction of sp³-hybridized carbons (Fsp3) is 0.118. The summed E-state index contributed by atoms with van der Waals surface area (Å²) in [5.74, 6) is 0.219. The lowest BCUT2D eigenvalue weighted by molar-refractivity contribution is -0.112. The van der Waals surface area contributed by atoms with Gasteiger partial charge in [0.15, 0.2) is 5.78 Å². The lowest BCUT2D eigenvalue weighted by Gasteiger charge is -2.00. The standard InChI is InChI=1S/C17H14O/c1-12-6-8-13(9-7-12)10-16-15-5-3-2-4-14(15)11-17(16)18/h2-10H,11H2,1H3/b16-10-. The molecule has 88 valence electrons. The van der Waals surface area contributed by atoms with Crippen LogP contribution in [-0.2, 0) is 11.2 Å². The summed E-state index contributed by atoms with van der Waals surface area (Å²) in [5.41, 5.74) is 5.38. The number of carbonyl (C=O) groups is 1. The zero-order valence-electron chi connectivity index (χ0n) is 10.3. The Morgan fingerprint density at radius 1 is 1.00 bits per heavy atom. The SMILES string of the molecule is Cc1ccc(/C=C2\C(=O)Cc3ccccc32)cc1. The Bertz CT molecular complexity index is 633. The molecule has 1 aliphatic carbocycles. The molecule has 0 saturated heterocycles. The second-order valence-electron chi connectivity index (χ2n) is 4.73. The minimum atomic E-state index is 0.219. The van der Waals surface area contributed by atoms with Gasteiger partial charge >= 0.3 is 0 Å². The third-order valence-corrected chi connectivity index (χ3v) is 3.35. The van der Waals surface area contributed by atoms with Gasteiger partial charge < -0.3 is 0 Å². The van der Waals surface area contributed by atoms with Gasteiger partial charge in [-0.3, -0.25) is 4.79 Å². The van der Waals surface area contributed by atoms with Crippen molar-refractivity contribution in [1.82, 2.24) is 0 Å². The first-order chi connectivity index (χ1) is 8.74. The molecule has 18 heavy (non-hydrogen) atoms. The summed E-state index contributed by atoms with van der Waals surface area (Å²) in [5, 5.41) is 0. The van der Waals surface area contributed by atoms with Crippen molar-refractivity contribution in [2.24, 2.45) is 0 Å². The third kappa shape index (κ3) is 1.88. The highest BCUT2D eigenvalue weighted by Gasteiger charge is 2.23. The number of Topliss-reactive ketones (excluding diaryl/α,β-unsaturated/α-hetero) is 1. The minimum Gasteiger partial charge on any atom is -0.294 e. The van der Waals surface area contributed by atoms with Crippen LogP contribution in [0.15, 0.2) is 48.5 Å². The summed E-state index contributed by atoms with van der Waals surface area (Å²) in [6.07, 6.45) is 2.53. The van der Waals surface area contributed by atoms with E-state index in [1.165, 1.54) is 5.56 Å². The van der Waals surface area contributed by atoms with E-state index < -0.39 is 0 Å². The molecule has 0 radical (unpaired) electrons. The molecular formula is C17H14O. The molecule has 0 atom stereocenters. The number of fused-ring (bicyclic) bond motifs is 1. The molecule has 1 heteroatoms. The number of aryl methyl sites for hydroxylation is 1. The molecule has 0 amide bonds. The Morgan fingerprint density at radius 2 is 1.72 bits per heavy atom. The average molecular weight is 234 g/mol. The van der Waals surface area contributed by atoms with Crippen molar-refractivity contribution in [2.45, 2.75) is 13.3 Å². The van der Waals surface area contributed by atoms with Gasteiger partial charge in [-0.2, -0.15) is 0 Å². The van der Waals surface area contributed by atoms with Crippen LogP contribution < -0.4 is 0 Å². The molecule has 2 aromatic rings. The molecule has 2 aromatic carbocycles. The number of rotatable bonds is 1. The van der Waals surface area contributed by atoms with Gasteiger partial charge in [-0.1, -0.05) is 54.1 Å². The van der Waals surface area contributed by atoms with Crippen LogP contribution in [-0.4, -0.2) is 5.78 Å². The predicted molar refractivity (Wildman–Crippen MR) is 74.2 cm³/mol. The molecule has 0 unspecified atom stereocenters. The summed E-state index contributed by atoms with van der Waals surface area (Å²) in [6.45, 7) is 2.06. The molecule has 0 heterocycles. The van der Waals surface area contributed by atoms with Crippen molar-refractivity contribution in [3.8, 4) is 0 Å². The normalized spacial score (nSPS) is 16.1. The monoisotopic (exact) mass is 234 g/mol. The molecular weight excluding hydrogens is 220 g/mol. The summed E-state index contributed by atoms with van der Waals surface area (Å²) in [4.78, 5) is 12.0. The van der Waals surface area contributed by atoms with Crippen molar-refractivity contribution in [3.05, 3.63) is 70.8 Å². The molecule has 0 bridgehead atoms. The highest BCUT2D eigenvalue weighted by molar-refractivity contribution is 6.29. The zero-order valence-corrected chi connectivity index (χ0v) is 10.3. The molecule has 0 spiro atoms. The van der Waals surface area contributed by atoms with Crippen LogP contribution in [0.1, 0.15) is 22.3 Å². The van der Waals surface area contributed by atoms with Crippen LogP contribution in [0.5, 0.6) is 0 Å². The summed E-state index contributed by atoms with van der Waals surface area (Å²) in [7, 11) is 0. The van der Waals surface area contributed by atoms with Crippen molar-refractivity contribution in [3.63, 3.8) is 0 Å². The number of hydrogen-bond donors (Lipinski definition) is 0. The van der Waals surface area contributed by atoms with E-state index in [1.54, 1.807) is 0 Å². The minimum absolute atomic E-state index is 0.219. The smallest absolute Gasteiger partial charge is 0.167 e.